The van der Waals surface area contributed by atoms with E-state index in [1.54, 1.807) is 22.3 Å². The first kappa shape index (κ1) is 23.5. The van der Waals surface area contributed by atoms with Crippen LogP contribution in [-0.4, -0.2) is 0 Å². The van der Waals surface area contributed by atoms with Crippen molar-refractivity contribution in [3.05, 3.63) is 119 Å². The molecule has 3 heteroatoms. The van der Waals surface area contributed by atoms with Gasteiger partial charge in [-0.05, 0) is 0 Å². The van der Waals surface area contributed by atoms with Crippen LogP contribution in [0.15, 0.2) is 91.0 Å². The van der Waals surface area contributed by atoms with Crippen LogP contribution >= 0.6 is 0 Å². The normalized spacial score (nSPS) is 15.0. The van der Waals surface area contributed by atoms with E-state index in [9.17, 15) is 0 Å². The molecule has 1 atom stereocenters. The maximum absolute atomic E-state index is 2.53. The van der Waals surface area contributed by atoms with E-state index in [2.05, 4.69) is 105 Å². The molecule has 2 aliphatic rings. The molecule has 2 aliphatic carbocycles. The maximum Gasteiger partial charge on any atom is -1.00 e. The van der Waals surface area contributed by atoms with Gasteiger partial charge in [0.25, 0.3) is 0 Å². The average Bonchev–Trinajstić information content (AvgIpc) is 3.27. The molecule has 0 nitrogen and oxygen atoms in total. The summed E-state index contributed by atoms with van der Waals surface area (Å²) in [7, 11) is 0. The smallest absolute Gasteiger partial charge is 1.00 e. The fourth-order valence-electron chi connectivity index (χ4n) is 5.27. The predicted molar refractivity (Wildman–Crippen MR) is 122 cm³/mol. The first-order chi connectivity index (χ1) is 14.7. The summed E-state index contributed by atoms with van der Waals surface area (Å²) in [5, 5.41) is 0. The molecule has 0 N–H and O–H groups in total. The predicted octanol–water partition coefficient (Wildman–Crippen LogP) is 1.74. The van der Waals surface area contributed by atoms with Crippen molar-refractivity contribution in [2.24, 2.45) is 0 Å². The van der Waals surface area contributed by atoms with Crippen LogP contribution in [0.1, 0.15) is 54.9 Å². The largest absolute Gasteiger partial charge is 1.00 e. The van der Waals surface area contributed by atoms with E-state index in [-0.39, 0.29) is 24.8 Å². The summed E-state index contributed by atoms with van der Waals surface area (Å²) in [6.07, 6.45) is 0. The van der Waals surface area contributed by atoms with Crippen molar-refractivity contribution in [1.82, 2.24) is 0 Å². The number of halogens is 2. The van der Waals surface area contributed by atoms with Crippen molar-refractivity contribution >= 4 is 0 Å². The number of fused-ring (bicyclic) bond motifs is 6. The Kier molecular flexibility index (Phi) is 6.82. The van der Waals surface area contributed by atoms with Crippen LogP contribution in [0.25, 0.3) is 22.3 Å². The third-order valence-corrected chi connectivity index (χ3v) is 13.6. The van der Waals surface area contributed by atoms with Crippen molar-refractivity contribution in [2.75, 3.05) is 0 Å². The molecule has 0 amide bonds. The molecule has 0 heterocycles. The Morgan fingerprint density at radius 1 is 0.531 bits per heavy atom. The molecule has 0 aromatic heterocycles. The summed E-state index contributed by atoms with van der Waals surface area (Å²) in [5.41, 5.74) is 13.7. The van der Waals surface area contributed by atoms with Crippen molar-refractivity contribution in [1.29, 1.82) is 0 Å². The van der Waals surface area contributed by atoms with Gasteiger partial charge in [-0.3, -0.25) is 0 Å². The number of rotatable bonds is 3. The molecule has 0 spiro atoms. The van der Waals surface area contributed by atoms with E-state index < -0.39 is 22.9 Å². The quantitative estimate of drug-likeness (QED) is 0.306. The van der Waals surface area contributed by atoms with Gasteiger partial charge in [0.05, 0.1) is 0 Å². The van der Waals surface area contributed by atoms with Gasteiger partial charge in [0.1, 0.15) is 0 Å². The van der Waals surface area contributed by atoms with Gasteiger partial charge in [-0.2, -0.15) is 0 Å². The summed E-state index contributed by atoms with van der Waals surface area (Å²) in [4.78, 5) is 0. The molecule has 6 rings (SSSR count). The van der Waals surface area contributed by atoms with E-state index >= 15 is 0 Å². The number of benzene rings is 4. The standard InChI is InChI=1S/C16H15.C13H9.2ClH.Hf/c1-11(2)12-7-8-16-14(9-12)10-13-5-3-4-6-15(13)16;1-3-7-12-10(5-1)9-11-6-2-4-8-13(11)12;;;/h3-11H,1-2H3;1-9H;2*1H;/q;;;;+2/p-2. The Bertz CT molecular complexity index is 1230. The van der Waals surface area contributed by atoms with Crippen LogP contribution in [0.5, 0.6) is 0 Å². The van der Waals surface area contributed by atoms with Crippen molar-refractivity contribution in [3.8, 4) is 22.3 Å². The van der Waals surface area contributed by atoms with Crippen LogP contribution < -0.4 is 24.8 Å². The zero-order valence-electron chi connectivity index (χ0n) is 18.1. The van der Waals surface area contributed by atoms with Gasteiger partial charge >= 0.3 is 191 Å². The molecule has 0 bridgehead atoms. The second kappa shape index (κ2) is 9.29. The van der Waals surface area contributed by atoms with Crippen LogP contribution in [0.3, 0.4) is 0 Å². The molecule has 0 radical (unpaired) electrons. The van der Waals surface area contributed by atoms with Crippen molar-refractivity contribution in [3.63, 3.8) is 0 Å². The fourth-order valence-corrected chi connectivity index (χ4v) is 12.6. The molecule has 4 aromatic carbocycles. The SMILES string of the molecule is CC(C)c1ccc2c(c1)[CH]([Hf+2][CH]1c3ccccc3-c3ccccc31)c1ccccc1-2.[Cl-].[Cl-]. The minimum absolute atomic E-state index is 0. The second-order valence-corrected chi connectivity index (χ2v) is 14.1. The summed E-state index contributed by atoms with van der Waals surface area (Å²) in [6.45, 7) is 4.62. The summed E-state index contributed by atoms with van der Waals surface area (Å²) >= 11 is -1.17. The zero-order valence-corrected chi connectivity index (χ0v) is 23.3. The molecular formula is C29H24Cl2Hf. The third-order valence-electron chi connectivity index (χ3n) is 6.78. The monoisotopic (exact) mass is 622 g/mol. The third kappa shape index (κ3) is 3.63. The average molecular weight is 622 g/mol. The molecule has 1 unspecified atom stereocenters. The second-order valence-electron chi connectivity index (χ2n) is 8.80. The molecule has 0 aliphatic heterocycles. The van der Waals surface area contributed by atoms with Gasteiger partial charge in [0.15, 0.2) is 0 Å². The van der Waals surface area contributed by atoms with E-state index in [1.165, 1.54) is 27.8 Å². The number of hydrogen-bond donors (Lipinski definition) is 0. The van der Waals surface area contributed by atoms with E-state index in [1.807, 2.05) is 0 Å². The summed E-state index contributed by atoms with van der Waals surface area (Å²) in [6, 6.07) is 34.7. The first-order valence-electron chi connectivity index (χ1n) is 10.9. The Hall–Kier alpha value is -1.67. The molecule has 0 fully saturated rings. The summed E-state index contributed by atoms with van der Waals surface area (Å²) < 4.78 is 1.28. The van der Waals surface area contributed by atoms with Crippen LogP contribution in [0.4, 0.5) is 0 Å². The molecule has 158 valence electrons. The Labute approximate surface area is 214 Å². The van der Waals surface area contributed by atoms with E-state index in [4.69, 9.17) is 0 Å². The molecule has 0 saturated carbocycles. The van der Waals surface area contributed by atoms with Crippen LogP contribution in [0, 0.1) is 0 Å². The van der Waals surface area contributed by atoms with Crippen LogP contribution in [0.2, 0.25) is 0 Å². The van der Waals surface area contributed by atoms with E-state index in [0.717, 1.165) is 0 Å². The van der Waals surface area contributed by atoms with Gasteiger partial charge in [-0.1, -0.05) is 0 Å². The van der Waals surface area contributed by atoms with Gasteiger partial charge in [0, 0.05) is 0 Å². The molecule has 0 saturated heterocycles. The fraction of sp³-hybridized carbons (Fsp3) is 0.172. The van der Waals surface area contributed by atoms with Crippen molar-refractivity contribution in [2.45, 2.75) is 27.1 Å². The Morgan fingerprint density at radius 3 is 1.41 bits per heavy atom. The van der Waals surface area contributed by atoms with Crippen LogP contribution in [-0.2, 0) is 22.9 Å². The Morgan fingerprint density at radius 2 is 0.938 bits per heavy atom. The number of hydrogen-bond acceptors (Lipinski definition) is 0. The van der Waals surface area contributed by atoms with Gasteiger partial charge in [-0.15, -0.1) is 0 Å². The van der Waals surface area contributed by atoms with Crippen molar-refractivity contribution < 1.29 is 47.7 Å². The van der Waals surface area contributed by atoms with E-state index in [0.29, 0.717) is 13.3 Å². The maximum atomic E-state index is 2.53. The zero-order chi connectivity index (χ0) is 20.2. The topological polar surface area (TPSA) is 0 Å². The minimum Gasteiger partial charge on any atom is -1.00 e. The van der Waals surface area contributed by atoms with Gasteiger partial charge in [-0.25, -0.2) is 0 Å². The molecule has 4 aromatic rings. The molecule has 32 heavy (non-hydrogen) atoms. The Balaban J connectivity index is 0.00000122. The minimum atomic E-state index is -1.17. The summed E-state index contributed by atoms with van der Waals surface area (Å²) in [5.74, 6) is 0.570. The first-order valence-corrected chi connectivity index (χ1v) is 15.0. The van der Waals surface area contributed by atoms with Gasteiger partial charge < -0.3 is 24.8 Å². The van der Waals surface area contributed by atoms with Gasteiger partial charge in [0.2, 0.25) is 0 Å². The molecular weight excluding hydrogens is 598 g/mol.